The lowest BCUT2D eigenvalue weighted by Gasteiger charge is -2.24. The Morgan fingerprint density at radius 2 is 2.20 bits per heavy atom. The van der Waals surface area contributed by atoms with Crippen LogP contribution >= 0.6 is 24.8 Å². The van der Waals surface area contributed by atoms with Gasteiger partial charge >= 0.3 is 0 Å². The van der Waals surface area contributed by atoms with Gasteiger partial charge in [0.25, 0.3) is 0 Å². The van der Waals surface area contributed by atoms with E-state index in [1.165, 1.54) is 12.8 Å². The molecule has 1 aromatic rings. The van der Waals surface area contributed by atoms with E-state index in [1.807, 2.05) is 24.4 Å². The number of piperidine rings is 1. The highest BCUT2D eigenvalue weighted by molar-refractivity contribution is 5.85. The zero-order valence-electron chi connectivity index (χ0n) is 8.48. The number of rotatable bonds is 2. The molecule has 1 aliphatic heterocycles. The van der Waals surface area contributed by atoms with Gasteiger partial charge in [0.1, 0.15) is 5.82 Å². The summed E-state index contributed by atoms with van der Waals surface area (Å²) in [5, 5.41) is 6.77. The monoisotopic (exact) mass is 249 g/mol. The van der Waals surface area contributed by atoms with E-state index in [0.29, 0.717) is 6.04 Å². The first-order valence-electron chi connectivity index (χ1n) is 4.83. The van der Waals surface area contributed by atoms with Gasteiger partial charge in [-0.3, -0.25) is 0 Å². The molecular formula is C10H17Cl2N3. The second-order valence-corrected chi connectivity index (χ2v) is 3.40. The fourth-order valence-electron chi connectivity index (χ4n) is 1.63. The summed E-state index contributed by atoms with van der Waals surface area (Å²) in [5.74, 6) is 0.983. The second-order valence-electron chi connectivity index (χ2n) is 3.40. The van der Waals surface area contributed by atoms with Gasteiger partial charge in [0.2, 0.25) is 0 Å². The molecule has 2 rings (SSSR count). The van der Waals surface area contributed by atoms with Crippen LogP contribution in [0.4, 0.5) is 5.82 Å². The molecule has 1 atom stereocenters. The van der Waals surface area contributed by atoms with Gasteiger partial charge in [0.15, 0.2) is 0 Å². The predicted molar refractivity (Wildman–Crippen MR) is 68.2 cm³/mol. The number of hydrogen-bond acceptors (Lipinski definition) is 3. The molecule has 86 valence electrons. The van der Waals surface area contributed by atoms with E-state index in [4.69, 9.17) is 0 Å². The Bertz CT molecular complexity index is 250. The lowest BCUT2D eigenvalue weighted by Crippen LogP contribution is -2.38. The minimum absolute atomic E-state index is 0. The van der Waals surface area contributed by atoms with Crippen molar-refractivity contribution in [3.8, 4) is 0 Å². The number of halogens is 2. The van der Waals surface area contributed by atoms with Gasteiger partial charge in [-0.15, -0.1) is 24.8 Å². The van der Waals surface area contributed by atoms with E-state index in [1.54, 1.807) is 0 Å². The summed E-state index contributed by atoms with van der Waals surface area (Å²) in [7, 11) is 0. The molecule has 3 nitrogen and oxygen atoms in total. The van der Waals surface area contributed by atoms with Crippen LogP contribution in [0.25, 0.3) is 0 Å². The lowest BCUT2D eigenvalue weighted by molar-refractivity contribution is 0.479. The summed E-state index contributed by atoms with van der Waals surface area (Å²) < 4.78 is 0. The first-order chi connectivity index (χ1) is 6.45. The van der Waals surface area contributed by atoms with Crippen LogP contribution < -0.4 is 10.6 Å². The molecule has 0 saturated carbocycles. The van der Waals surface area contributed by atoms with Crippen LogP contribution in [0.3, 0.4) is 0 Å². The van der Waals surface area contributed by atoms with E-state index in [0.717, 1.165) is 18.9 Å². The van der Waals surface area contributed by atoms with E-state index in [2.05, 4.69) is 15.6 Å². The van der Waals surface area contributed by atoms with Crippen LogP contribution in [0.2, 0.25) is 0 Å². The van der Waals surface area contributed by atoms with Crippen molar-refractivity contribution < 1.29 is 0 Å². The summed E-state index contributed by atoms with van der Waals surface area (Å²) in [4.78, 5) is 4.23. The van der Waals surface area contributed by atoms with Gasteiger partial charge in [-0.2, -0.15) is 0 Å². The Hall–Kier alpha value is -0.510. The minimum Gasteiger partial charge on any atom is -0.366 e. The van der Waals surface area contributed by atoms with Crippen molar-refractivity contribution in [2.75, 3.05) is 18.4 Å². The number of nitrogens with zero attached hydrogens (tertiary/aromatic N) is 1. The van der Waals surface area contributed by atoms with Crippen molar-refractivity contribution in [1.82, 2.24) is 10.3 Å². The minimum atomic E-state index is 0. The summed E-state index contributed by atoms with van der Waals surface area (Å²) in [5.41, 5.74) is 0. The van der Waals surface area contributed by atoms with Crippen LogP contribution in [0.1, 0.15) is 12.8 Å². The molecule has 0 amide bonds. The zero-order valence-corrected chi connectivity index (χ0v) is 10.1. The highest BCUT2D eigenvalue weighted by Gasteiger charge is 2.11. The molecule has 1 saturated heterocycles. The average molecular weight is 250 g/mol. The lowest BCUT2D eigenvalue weighted by atomic mass is 10.1. The maximum atomic E-state index is 4.23. The van der Waals surface area contributed by atoms with E-state index in [9.17, 15) is 0 Å². The Kier molecular flexibility index (Phi) is 7.48. The van der Waals surface area contributed by atoms with E-state index < -0.39 is 0 Å². The van der Waals surface area contributed by atoms with Crippen LogP contribution in [0.15, 0.2) is 24.4 Å². The number of anilines is 1. The molecule has 5 heteroatoms. The molecule has 0 aromatic carbocycles. The SMILES string of the molecule is Cl.Cl.c1ccc(N[C@@H]2CCCNC2)nc1. The summed E-state index contributed by atoms with van der Waals surface area (Å²) >= 11 is 0. The Labute approximate surface area is 103 Å². The molecular weight excluding hydrogens is 233 g/mol. The molecule has 2 N–H and O–H groups in total. The van der Waals surface area contributed by atoms with Crippen molar-refractivity contribution in [3.05, 3.63) is 24.4 Å². The largest absolute Gasteiger partial charge is 0.366 e. The first kappa shape index (κ1) is 14.5. The maximum absolute atomic E-state index is 4.23. The predicted octanol–water partition coefficient (Wildman–Crippen LogP) is 2.09. The number of hydrogen-bond donors (Lipinski definition) is 2. The Balaban J connectivity index is 0.000000980. The molecule has 15 heavy (non-hydrogen) atoms. The van der Waals surface area contributed by atoms with Gasteiger partial charge < -0.3 is 10.6 Å². The van der Waals surface area contributed by atoms with Crippen LogP contribution in [-0.4, -0.2) is 24.1 Å². The average Bonchev–Trinajstić information content (AvgIpc) is 2.21. The topological polar surface area (TPSA) is 37.0 Å². The smallest absolute Gasteiger partial charge is 0.126 e. The van der Waals surface area contributed by atoms with Crippen molar-refractivity contribution in [3.63, 3.8) is 0 Å². The molecule has 0 radical (unpaired) electrons. The molecule has 1 aliphatic rings. The summed E-state index contributed by atoms with van der Waals surface area (Å²) in [6, 6.07) is 6.49. The summed E-state index contributed by atoms with van der Waals surface area (Å²) in [6.45, 7) is 2.21. The zero-order chi connectivity index (χ0) is 8.93. The van der Waals surface area contributed by atoms with Crippen molar-refractivity contribution in [2.24, 2.45) is 0 Å². The van der Waals surface area contributed by atoms with Crippen LogP contribution in [0.5, 0.6) is 0 Å². The molecule has 0 bridgehead atoms. The normalized spacial score (nSPS) is 19.6. The molecule has 0 spiro atoms. The highest BCUT2D eigenvalue weighted by Crippen LogP contribution is 2.08. The Morgan fingerprint density at radius 3 is 2.80 bits per heavy atom. The fourth-order valence-corrected chi connectivity index (χ4v) is 1.63. The van der Waals surface area contributed by atoms with Gasteiger partial charge in [0.05, 0.1) is 0 Å². The molecule has 0 aliphatic carbocycles. The Morgan fingerprint density at radius 1 is 1.33 bits per heavy atom. The molecule has 1 aromatic heterocycles. The van der Waals surface area contributed by atoms with Gasteiger partial charge in [-0.1, -0.05) is 6.07 Å². The van der Waals surface area contributed by atoms with Gasteiger partial charge in [-0.25, -0.2) is 4.98 Å². The third kappa shape index (κ3) is 4.69. The fraction of sp³-hybridized carbons (Fsp3) is 0.500. The standard InChI is InChI=1S/C10H15N3.2ClH/c1-2-7-12-10(5-1)13-9-4-3-6-11-8-9;;/h1-2,5,7,9,11H,3-4,6,8H2,(H,12,13);2*1H/t9-;;/m1../s1. The third-order valence-electron chi connectivity index (χ3n) is 2.31. The third-order valence-corrected chi connectivity index (χ3v) is 2.31. The van der Waals surface area contributed by atoms with Crippen LogP contribution in [-0.2, 0) is 0 Å². The van der Waals surface area contributed by atoms with Crippen LogP contribution in [0, 0.1) is 0 Å². The molecule has 0 unspecified atom stereocenters. The quantitative estimate of drug-likeness (QED) is 0.843. The molecule has 2 heterocycles. The van der Waals surface area contributed by atoms with Crippen molar-refractivity contribution >= 4 is 30.6 Å². The second kappa shape index (κ2) is 7.74. The number of pyridine rings is 1. The maximum Gasteiger partial charge on any atom is 0.126 e. The van der Waals surface area contributed by atoms with Gasteiger partial charge in [0, 0.05) is 18.8 Å². The number of aromatic nitrogens is 1. The van der Waals surface area contributed by atoms with E-state index in [-0.39, 0.29) is 24.8 Å². The summed E-state index contributed by atoms with van der Waals surface area (Å²) in [6.07, 6.45) is 4.31. The van der Waals surface area contributed by atoms with E-state index >= 15 is 0 Å². The highest BCUT2D eigenvalue weighted by atomic mass is 35.5. The van der Waals surface area contributed by atoms with Gasteiger partial charge in [-0.05, 0) is 31.5 Å². The first-order valence-corrected chi connectivity index (χ1v) is 4.83. The molecule has 1 fully saturated rings. The van der Waals surface area contributed by atoms with Crippen molar-refractivity contribution in [2.45, 2.75) is 18.9 Å². The van der Waals surface area contributed by atoms with Crippen molar-refractivity contribution in [1.29, 1.82) is 0 Å². The number of nitrogens with one attached hydrogen (secondary N) is 2.